The molecule has 6 heteroatoms. The van der Waals surface area contributed by atoms with Gasteiger partial charge in [-0.25, -0.2) is 9.37 Å². The van der Waals surface area contributed by atoms with Crippen molar-refractivity contribution < 1.29 is 9.18 Å². The molecule has 1 aromatic heterocycles. The Morgan fingerprint density at radius 1 is 1.33 bits per heavy atom. The van der Waals surface area contributed by atoms with E-state index < -0.39 is 0 Å². The number of amides is 1. The molecule has 1 N–H and O–H groups in total. The fourth-order valence-corrected chi connectivity index (χ4v) is 1.92. The number of hydrogen-bond acceptors (Lipinski definition) is 4. The number of aromatic nitrogens is 1. The molecule has 0 fully saturated rings. The number of rotatable bonds is 5. The Hall–Kier alpha value is -2.47. The van der Waals surface area contributed by atoms with Crippen LogP contribution in [-0.2, 0) is 4.79 Å². The number of nitrogens with zero attached hydrogens (tertiary/aromatic N) is 2. The van der Waals surface area contributed by atoms with Crippen LogP contribution in [0.5, 0.6) is 0 Å². The van der Waals surface area contributed by atoms with Crippen LogP contribution in [0.2, 0.25) is 0 Å². The van der Waals surface area contributed by atoms with Gasteiger partial charge in [-0.15, -0.1) is 0 Å². The Bertz CT molecular complexity index is 617. The Labute approximate surface area is 122 Å². The normalized spacial score (nSPS) is 10.2. The lowest BCUT2D eigenvalue weighted by atomic mass is 10.2. The number of anilines is 3. The van der Waals surface area contributed by atoms with Gasteiger partial charge in [-0.3, -0.25) is 9.69 Å². The number of nitrogens with one attached hydrogen (secondary N) is 1. The summed E-state index contributed by atoms with van der Waals surface area (Å²) in [6.45, 7) is 1.89. The molecule has 0 saturated heterocycles. The lowest BCUT2D eigenvalue weighted by molar-refractivity contribution is -0.117. The summed E-state index contributed by atoms with van der Waals surface area (Å²) in [5.74, 6) is -0.231. The van der Waals surface area contributed by atoms with E-state index in [1.54, 1.807) is 5.48 Å². The van der Waals surface area contributed by atoms with Gasteiger partial charge in [-0.05, 0) is 36.8 Å². The van der Waals surface area contributed by atoms with Gasteiger partial charge in [0.25, 0.3) is 0 Å². The minimum Gasteiger partial charge on any atom is -0.761 e. The second kappa shape index (κ2) is 6.81. The van der Waals surface area contributed by atoms with Gasteiger partial charge in [0, 0.05) is 24.4 Å². The van der Waals surface area contributed by atoms with Crippen molar-refractivity contribution in [2.75, 3.05) is 10.4 Å². The first-order valence-electron chi connectivity index (χ1n) is 6.58. The molecular weight excluding hydrogens is 273 g/mol. The van der Waals surface area contributed by atoms with E-state index in [1.165, 1.54) is 47.5 Å². The van der Waals surface area contributed by atoms with Crippen molar-refractivity contribution in [2.24, 2.45) is 0 Å². The molecule has 2 aromatic rings. The van der Waals surface area contributed by atoms with Crippen molar-refractivity contribution in [1.29, 1.82) is 0 Å². The predicted molar refractivity (Wildman–Crippen MR) is 79.7 cm³/mol. The summed E-state index contributed by atoms with van der Waals surface area (Å²) in [5.41, 5.74) is 2.57. The van der Waals surface area contributed by atoms with Crippen LogP contribution in [0.15, 0.2) is 42.6 Å². The lowest BCUT2D eigenvalue weighted by Crippen LogP contribution is -2.26. The lowest BCUT2D eigenvalue weighted by Gasteiger charge is -2.23. The van der Waals surface area contributed by atoms with Crippen LogP contribution in [0.1, 0.15) is 19.8 Å². The molecule has 21 heavy (non-hydrogen) atoms. The molecule has 1 aromatic carbocycles. The maximum atomic E-state index is 13.1. The SMILES string of the molecule is CCCC(=O)N(c1ccc(F)cc1)c1cc(N[O-])ccn1. The minimum atomic E-state index is -0.385. The zero-order valence-corrected chi connectivity index (χ0v) is 11.5. The molecule has 0 spiro atoms. The van der Waals surface area contributed by atoms with Crippen molar-refractivity contribution in [2.45, 2.75) is 19.8 Å². The second-order valence-electron chi connectivity index (χ2n) is 4.46. The molecule has 0 aliphatic carbocycles. The molecule has 0 saturated carbocycles. The van der Waals surface area contributed by atoms with E-state index in [9.17, 15) is 14.4 Å². The first kappa shape index (κ1) is 14.9. The van der Waals surface area contributed by atoms with Crippen molar-refractivity contribution in [3.63, 3.8) is 0 Å². The third-order valence-electron chi connectivity index (χ3n) is 2.89. The molecule has 0 atom stereocenters. The molecule has 0 radical (unpaired) electrons. The number of carbonyl (C=O) groups excluding carboxylic acids is 1. The zero-order chi connectivity index (χ0) is 15.2. The molecule has 0 aliphatic rings. The first-order chi connectivity index (χ1) is 10.2. The zero-order valence-electron chi connectivity index (χ0n) is 11.5. The third kappa shape index (κ3) is 3.55. The van der Waals surface area contributed by atoms with E-state index in [0.29, 0.717) is 30.0 Å². The second-order valence-corrected chi connectivity index (χ2v) is 4.46. The number of pyridine rings is 1. The molecule has 0 unspecified atom stereocenters. The van der Waals surface area contributed by atoms with Gasteiger partial charge in [0.1, 0.15) is 11.6 Å². The fraction of sp³-hybridized carbons (Fsp3) is 0.200. The number of halogens is 1. The van der Waals surface area contributed by atoms with Crippen molar-refractivity contribution in [1.82, 2.24) is 4.98 Å². The van der Waals surface area contributed by atoms with E-state index in [-0.39, 0.29) is 11.7 Å². The van der Waals surface area contributed by atoms with E-state index in [0.717, 1.165) is 0 Å². The average Bonchev–Trinajstić information content (AvgIpc) is 2.50. The molecule has 110 valence electrons. The number of carbonyl (C=O) groups is 1. The Morgan fingerprint density at radius 3 is 2.67 bits per heavy atom. The topological polar surface area (TPSA) is 68.3 Å². The highest BCUT2D eigenvalue weighted by atomic mass is 19.1. The quantitative estimate of drug-likeness (QED) is 0.854. The van der Waals surface area contributed by atoms with Gasteiger partial charge >= 0.3 is 0 Å². The Balaban J connectivity index is 2.44. The molecule has 0 bridgehead atoms. The maximum Gasteiger partial charge on any atom is 0.232 e. The molecular formula is C15H15FN3O2-. The Morgan fingerprint density at radius 2 is 2.05 bits per heavy atom. The van der Waals surface area contributed by atoms with E-state index in [1.807, 2.05) is 6.92 Å². The van der Waals surface area contributed by atoms with Crippen LogP contribution in [0, 0.1) is 11.0 Å². The molecule has 2 rings (SSSR count). The summed E-state index contributed by atoms with van der Waals surface area (Å²) in [6, 6.07) is 8.53. The number of benzene rings is 1. The summed E-state index contributed by atoms with van der Waals surface area (Å²) in [5, 5.41) is 10.8. The molecule has 1 heterocycles. The van der Waals surface area contributed by atoms with Crippen LogP contribution in [-0.4, -0.2) is 10.9 Å². The van der Waals surface area contributed by atoms with Crippen LogP contribution < -0.4 is 10.4 Å². The van der Waals surface area contributed by atoms with E-state index in [2.05, 4.69) is 4.98 Å². The Kier molecular flexibility index (Phi) is 4.84. The summed E-state index contributed by atoms with van der Waals surface area (Å²) in [7, 11) is 0. The summed E-state index contributed by atoms with van der Waals surface area (Å²) in [6.07, 6.45) is 2.44. The van der Waals surface area contributed by atoms with Crippen LogP contribution in [0.4, 0.5) is 21.6 Å². The molecule has 0 aliphatic heterocycles. The first-order valence-corrected chi connectivity index (χ1v) is 6.58. The number of hydrogen-bond donors (Lipinski definition) is 1. The monoisotopic (exact) mass is 288 g/mol. The van der Waals surface area contributed by atoms with Gasteiger partial charge in [0.2, 0.25) is 5.91 Å². The maximum absolute atomic E-state index is 13.1. The summed E-state index contributed by atoms with van der Waals surface area (Å²) < 4.78 is 13.1. The third-order valence-corrected chi connectivity index (χ3v) is 2.89. The summed E-state index contributed by atoms with van der Waals surface area (Å²) in [4.78, 5) is 17.8. The van der Waals surface area contributed by atoms with E-state index >= 15 is 0 Å². The van der Waals surface area contributed by atoms with Crippen LogP contribution in [0.25, 0.3) is 0 Å². The molecule has 1 amide bonds. The van der Waals surface area contributed by atoms with Crippen LogP contribution >= 0.6 is 0 Å². The van der Waals surface area contributed by atoms with Crippen LogP contribution in [0.3, 0.4) is 0 Å². The van der Waals surface area contributed by atoms with Crippen molar-refractivity contribution in [3.8, 4) is 0 Å². The highest BCUT2D eigenvalue weighted by molar-refractivity contribution is 5.99. The highest BCUT2D eigenvalue weighted by Crippen LogP contribution is 2.26. The summed E-state index contributed by atoms with van der Waals surface area (Å²) >= 11 is 0. The predicted octanol–water partition coefficient (Wildman–Crippen LogP) is 3.60. The van der Waals surface area contributed by atoms with Gasteiger partial charge < -0.3 is 10.7 Å². The van der Waals surface area contributed by atoms with Gasteiger partial charge in [-0.1, -0.05) is 6.92 Å². The smallest absolute Gasteiger partial charge is 0.232 e. The minimum absolute atomic E-state index is 0.167. The molecule has 5 nitrogen and oxygen atoms in total. The highest BCUT2D eigenvalue weighted by Gasteiger charge is 2.18. The van der Waals surface area contributed by atoms with Crippen molar-refractivity contribution >= 4 is 23.1 Å². The standard InChI is InChI=1S/C15H15FN3O2/c1-2-3-15(20)19(13-6-4-11(16)5-7-13)14-10-12(18-21)8-9-17-14/h4-10H,2-3H2,1H3,(H-,17,18,21)/q-1. The van der Waals surface area contributed by atoms with E-state index in [4.69, 9.17) is 0 Å². The van der Waals surface area contributed by atoms with Crippen molar-refractivity contribution in [3.05, 3.63) is 53.6 Å². The van der Waals surface area contributed by atoms with Gasteiger partial charge in [0.15, 0.2) is 0 Å². The average molecular weight is 288 g/mol. The van der Waals surface area contributed by atoms with Gasteiger partial charge in [0.05, 0.1) is 5.69 Å². The fourth-order valence-electron chi connectivity index (χ4n) is 1.92. The van der Waals surface area contributed by atoms with Gasteiger partial charge in [-0.2, -0.15) is 0 Å². The largest absolute Gasteiger partial charge is 0.761 e.